The molecule has 7 nitrogen and oxygen atoms in total. The summed E-state index contributed by atoms with van der Waals surface area (Å²) >= 11 is 0. The molecule has 1 atom stereocenters. The summed E-state index contributed by atoms with van der Waals surface area (Å²) in [4.78, 5) is 22.6. The molecule has 1 amide bonds. The molecule has 0 heterocycles. The summed E-state index contributed by atoms with van der Waals surface area (Å²) in [5.74, 6) is -2.48. The van der Waals surface area contributed by atoms with Gasteiger partial charge in [0.1, 0.15) is 6.04 Å². The van der Waals surface area contributed by atoms with Gasteiger partial charge < -0.3 is 10.4 Å². The van der Waals surface area contributed by atoms with Crippen LogP contribution in [0.1, 0.15) is 16.8 Å². The molecule has 1 rings (SSSR count). The number of hydrogen-bond acceptors (Lipinski definition) is 4. The zero-order valence-corrected chi connectivity index (χ0v) is 13.2. The van der Waals surface area contributed by atoms with Crippen molar-refractivity contribution >= 4 is 21.9 Å². The van der Waals surface area contributed by atoms with Gasteiger partial charge >= 0.3 is 5.97 Å². The minimum atomic E-state index is -3.76. The maximum absolute atomic E-state index is 12.3. The molecule has 3 N–H and O–H groups in total. The average molecular weight is 362 g/mol. The number of carbonyl (C=O) groups excluding carboxylic acids is 1. The number of halogens is 2. The average Bonchev–Trinajstić information content (AvgIpc) is 2.52. The molecular weight excluding hydrogens is 346 g/mol. The molecule has 0 bridgehead atoms. The number of hydrogen-bond donors (Lipinski definition) is 3. The van der Waals surface area contributed by atoms with Crippen molar-refractivity contribution in [3.05, 3.63) is 42.5 Å². The molecule has 1 unspecified atom stereocenters. The van der Waals surface area contributed by atoms with E-state index in [-0.39, 0.29) is 17.0 Å². The van der Waals surface area contributed by atoms with Gasteiger partial charge in [-0.05, 0) is 24.3 Å². The lowest BCUT2D eigenvalue weighted by molar-refractivity contribution is -0.140. The van der Waals surface area contributed by atoms with Crippen LogP contribution in [0.5, 0.6) is 0 Å². The van der Waals surface area contributed by atoms with Crippen LogP contribution in [0.25, 0.3) is 0 Å². The summed E-state index contributed by atoms with van der Waals surface area (Å²) in [6, 6.07) is 2.85. The Hall–Kier alpha value is -2.33. The Balaban J connectivity index is 2.86. The van der Waals surface area contributed by atoms with Gasteiger partial charge in [-0.2, -0.15) is 0 Å². The first kappa shape index (κ1) is 19.7. The predicted octanol–water partition coefficient (Wildman–Crippen LogP) is 0.989. The van der Waals surface area contributed by atoms with Gasteiger partial charge in [0.25, 0.3) is 5.91 Å². The summed E-state index contributed by atoms with van der Waals surface area (Å²) in [6.45, 7) is 3.40. The van der Waals surface area contributed by atoms with Crippen LogP contribution in [-0.2, 0) is 14.8 Å². The molecule has 1 aromatic carbocycles. The van der Waals surface area contributed by atoms with Crippen LogP contribution in [0.4, 0.5) is 8.78 Å². The maximum Gasteiger partial charge on any atom is 0.326 e. The van der Waals surface area contributed by atoms with Crippen LogP contribution in [0, 0.1) is 0 Å². The van der Waals surface area contributed by atoms with Gasteiger partial charge in [0.05, 0.1) is 4.90 Å². The minimum Gasteiger partial charge on any atom is -0.480 e. The number of aliphatic carboxylic acids is 1. The van der Waals surface area contributed by atoms with E-state index in [0.29, 0.717) is 0 Å². The van der Waals surface area contributed by atoms with E-state index in [1.165, 1.54) is 6.08 Å². The number of nitrogens with one attached hydrogen (secondary N) is 2. The molecule has 1 aromatic rings. The minimum absolute atomic E-state index is 0.0263. The van der Waals surface area contributed by atoms with E-state index < -0.39 is 40.8 Å². The van der Waals surface area contributed by atoms with E-state index >= 15 is 0 Å². The lowest BCUT2D eigenvalue weighted by Crippen LogP contribution is -2.42. The first-order valence-electron chi connectivity index (χ1n) is 6.70. The van der Waals surface area contributed by atoms with Gasteiger partial charge in [0, 0.05) is 18.5 Å². The standard InChI is InChI=1S/C14H16F2N2O5S/c1-2-7-17-24(22,23)10-5-3-9(4-6-10)13(19)18-11(14(20)21)8-12(15)16/h2-6,11-12,17H,1,7-8H2,(H,18,19)(H,20,21). The third-order valence-corrected chi connectivity index (χ3v) is 4.30. The van der Waals surface area contributed by atoms with Crippen molar-refractivity contribution in [1.29, 1.82) is 0 Å². The fourth-order valence-electron chi connectivity index (χ4n) is 1.68. The van der Waals surface area contributed by atoms with Crippen LogP contribution < -0.4 is 10.0 Å². The highest BCUT2D eigenvalue weighted by molar-refractivity contribution is 7.89. The van der Waals surface area contributed by atoms with Crippen molar-refractivity contribution in [1.82, 2.24) is 10.0 Å². The van der Waals surface area contributed by atoms with Crippen molar-refractivity contribution in [3.8, 4) is 0 Å². The lowest BCUT2D eigenvalue weighted by atomic mass is 10.1. The van der Waals surface area contributed by atoms with E-state index in [2.05, 4.69) is 11.3 Å². The summed E-state index contributed by atoms with van der Waals surface area (Å²) in [5.41, 5.74) is -0.0572. The molecule has 0 saturated heterocycles. The van der Waals surface area contributed by atoms with Gasteiger partial charge in [-0.15, -0.1) is 6.58 Å². The number of carboxylic acids is 1. The number of rotatable bonds is 9. The number of benzene rings is 1. The third-order valence-electron chi connectivity index (χ3n) is 2.86. The molecule has 0 aromatic heterocycles. The number of sulfonamides is 1. The van der Waals surface area contributed by atoms with Crippen LogP contribution in [0.15, 0.2) is 41.8 Å². The largest absolute Gasteiger partial charge is 0.480 e. The highest BCUT2D eigenvalue weighted by Crippen LogP contribution is 2.11. The molecule has 0 fully saturated rings. The second kappa shape index (κ2) is 8.50. The van der Waals surface area contributed by atoms with E-state index in [9.17, 15) is 26.8 Å². The Labute approximate surface area is 137 Å². The van der Waals surface area contributed by atoms with Crippen LogP contribution >= 0.6 is 0 Å². The van der Waals surface area contributed by atoms with Crippen LogP contribution in [0.2, 0.25) is 0 Å². The fraction of sp³-hybridized carbons (Fsp3) is 0.286. The quantitative estimate of drug-likeness (QED) is 0.567. The van der Waals surface area contributed by atoms with Gasteiger partial charge in [-0.3, -0.25) is 4.79 Å². The Morgan fingerprint density at radius 2 is 1.83 bits per heavy atom. The normalized spacial score (nSPS) is 12.6. The highest BCUT2D eigenvalue weighted by Gasteiger charge is 2.24. The second-order valence-electron chi connectivity index (χ2n) is 4.66. The van der Waals surface area contributed by atoms with E-state index in [4.69, 9.17) is 5.11 Å². The Morgan fingerprint density at radius 3 is 2.29 bits per heavy atom. The van der Waals surface area contributed by atoms with Crippen molar-refractivity contribution in [2.75, 3.05) is 6.54 Å². The van der Waals surface area contributed by atoms with Gasteiger partial charge in [-0.25, -0.2) is 26.7 Å². The van der Waals surface area contributed by atoms with Crippen LogP contribution in [0.3, 0.4) is 0 Å². The molecule has 0 aliphatic heterocycles. The van der Waals surface area contributed by atoms with E-state index in [1.807, 2.05) is 5.32 Å². The van der Waals surface area contributed by atoms with Gasteiger partial charge in [0.2, 0.25) is 16.4 Å². The Kier molecular flexibility index (Phi) is 6.98. The Morgan fingerprint density at radius 1 is 1.25 bits per heavy atom. The van der Waals surface area contributed by atoms with Crippen LogP contribution in [-0.4, -0.2) is 44.4 Å². The van der Waals surface area contributed by atoms with Gasteiger partial charge in [-0.1, -0.05) is 6.08 Å². The zero-order valence-electron chi connectivity index (χ0n) is 12.4. The van der Waals surface area contributed by atoms with Crippen molar-refractivity contribution in [2.45, 2.75) is 23.8 Å². The van der Waals surface area contributed by atoms with E-state index in [0.717, 1.165) is 24.3 Å². The molecule has 0 saturated carbocycles. The van der Waals surface area contributed by atoms with E-state index in [1.54, 1.807) is 0 Å². The third kappa shape index (κ3) is 5.70. The first-order chi connectivity index (χ1) is 11.2. The lowest BCUT2D eigenvalue weighted by Gasteiger charge is -2.14. The number of carbonyl (C=O) groups is 2. The molecule has 24 heavy (non-hydrogen) atoms. The summed E-state index contributed by atoms with van der Waals surface area (Å²) < 4.78 is 50.5. The predicted molar refractivity (Wildman–Crippen MR) is 81.3 cm³/mol. The molecule has 0 radical (unpaired) electrons. The number of alkyl halides is 2. The molecule has 0 spiro atoms. The number of amides is 1. The summed E-state index contributed by atoms with van der Waals surface area (Å²) in [6.07, 6.45) is -2.57. The summed E-state index contributed by atoms with van der Waals surface area (Å²) in [7, 11) is -3.76. The SMILES string of the molecule is C=CCNS(=O)(=O)c1ccc(C(=O)NC(CC(F)F)C(=O)O)cc1. The monoisotopic (exact) mass is 362 g/mol. The molecule has 0 aliphatic carbocycles. The molecule has 0 aliphatic rings. The number of carboxylic acid groups (broad SMARTS) is 1. The Bertz CT molecular complexity index is 704. The summed E-state index contributed by atoms with van der Waals surface area (Å²) in [5, 5.41) is 10.8. The van der Waals surface area contributed by atoms with Crippen molar-refractivity contribution in [2.24, 2.45) is 0 Å². The molecule has 10 heteroatoms. The van der Waals surface area contributed by atoms with Gasteiger partial charge in [0.15, 0.2) is 0 Å². The van der Waals surface area contributed by atoms with Crippen molar-refractivity contribution < 1.29 is 31.9 Å². The smallest absolute Gasteiger partial charge is 0.326 e. The molecule has 132 valence electrons. The second-order valence-corrected chi connectivity index (χ2v) is 6.42. The maximum atomic E-state index is 12.3. The highest BCUT2D eigenvalue weighted by atomic mass is 32.2. The fourth-order valence-corrected chi connectivity index (χ4v) is 2.68. The van der Waals surface area contributed by atoms with Crippen molar-refractivity contribution in [3.63, 3.8) is 0 Å². The molecular formula is C14H16F2N2O5S. The zero-order chi connectivity index (χ0) is 18.3. The topological polar surface area (TPSA) is 113 Å². The first-order valence-corrected chi connectivity index (χ1v) is 8.18.